The van der Waals surface area contributed by atoms with Gasteiger partial charge in [-0.25, -0.2) is 4.79 Å². The molecule has 2 aliphatic carbocycles. The lowest BCUT2D eigenvalue weighted by molar-refractivity contribution is 0.152. The maximum atomic E-state index is 12.7. The second-order valence-corrected chi connectivity index (χ2v) is 11.7. The maximum Gasteiger partial charge on any atom is 0.519 e. The van der Waals surface area contributed by atoms with E-state index in [1.54, 1.807) is 12.1 Å². The summed E-state index contributed by atoms with van der Waals surface area (Å²) in [6, 6.07) is 34.1. The fraction of sp³-hybridized carbons (Fsp3) is 0.324. The van der Waals surface area contributed by atoms with Gasteiger partial charge < -0.3 is 14.6 Å². The molecule has 210 valence electrons. The van der Waals surface area contributed by atoms with Gasteiger partial charge in [0.05, 0.1) is 0 Å². The predicted molar refractivity (Wildman–Crippen MR) is 162 cm³/mol. The Bertz CT molecular complexity index is 1430. The Kier molecular flexibility index (Phi) is 7.82. The van der Waals surface area contributed by atoms with E-state index in [4.69, 9.17) is 9.47 Å². The summed E-state index contributed by atoms with van der Waals surface area (Å²) in [6.07, 6.45) is 10.9. The minimum Gasteiger partial charge on any atom is -0.508 e. The highest BCUT2D eigenvalue weighted by molar-refractivity contribution is 5.67. The third kappa shape index (κ3) is 5.61. The van der Waals surface area contributed by atoms with Crippen LogP contribution >= 0.6 is 0 Å². The Morgan fingerprint density at radius 1 is 0.488 bits per heavy atom. The molecule has 4 heteroatoms. The van der Waals surface area contributed by atoms with Crippen molar-refractivity contribution in [3.63, 3.8) is 0 Å². The molecule has 0 amide bonds. The number of phenolic OH excluding ortho intramolecular Hbond substituents is 1. The van der Waals surface area contributed by atoms with Crippen LogP contribution < -0.4 is 9.47 Å². The van der Waals surface area contributed by atoms with Gasteiger partial charge in [-0.05, 0) is 84.3 Å². The van der Waals surface area contributed by atoms with Crippen LogP contribution in [0.1, 0.15) is 86.5 Å². The van der Waals surface area contributed by atoms with Gasteiger partial charge in [0.15, 0.2) is 0 Å². The molecule has 1 N–H and O–H groups in total. The first-order valence-electron chi connectivity index (χ1n) is 15.0. The first kappa shape index (κ1) is 27.1. The van der Waals surface area contributed by atoms with E-state index in [0.717, 1.165) is 38.5 Å². The summed E-state index contributed by atoms with van der Waals surface area (Å²) in [6.45, 7) is 0. The van der Waals surface area contributed by atoms with Crippen molar-refractivity contribution >= 4 is 6.16 Å². The van der Waals surface area contributed by atoms with Gasteiger partial charge in [-0.2, -0.15) is 0 Å². The number of benzene rings is 4. The number of rotatable bonds is 6. The van der Waals surface area contributed by atoms with Crippen LogP contribution in [0.25, 0.3) is 0 Å². The van der Waals surface area contributed by atoms with Gasteiger partial charge >= 0.3 is 6.16 Å². The number of carbonyl (C=O) groups is 1. The van der Waals surface area contributed by atoms with Crippen molar-refractivity contribution in [2.45, 2.75) is 75.0 Å². The Labute approximate surface area is 243 Å². The summed E-state index contributed by atoms with van der Waals surface area (Å²) in [5.41, 5.74) is 4.96. The molecular weight excluding hydrogens is 508 g/mol. The Hall–Kier alpha value is -4.05. The number of phenols is 1. The van der Waals surface area contributed by atoms with Gasteiger partial charge in [0.25, 0.3) is 0 Å². The molecule has 6 rings (SSSR count). The lowest BCUT2D eigenvalue weighted by Crippen LogP contribution is -2.30. The number of hydrogen-bond donors (Lipinski definition) is 1. The molecule has 4 nitrogen and oxygen atoms in total. The molecule has 0 radical (unpaired) electrons. The molecule has 0 aliphatic heterocycles. The molecule has 0 heterocycles. The molecule has 2 fully saturated rings. The standard InChI is InChI=1S/C37H38O4/c38-32-18-12-29(13-19-32)37(26-8-3-9-27-37)31-16-22-34(23-17-31)41-35(39)40-33-20-14-30(15-21-33)36(24-6-2-7-25-36)28-10-4-1-5-11-28/h1,4-5,10-23,38H,2-3,6-9,24-27H2. The van der Waals surface area contributed by atoms with Crippen LogP contribution in [0.5, 0.6) is 17.2 Å². The van der Waals surface area contributed by atoms with Gasteiger partial charge in [-0.15, -0.1) is 0 Å². The zero-order chi connectivity index (χ0) is 28.1. The highest BCUT2D eigenvalue weighted by atomic mass is 16.7. The van der Waals surface area contributed by atoms with Crippen LogP contribution in [0.4, 0.5) is 4.79 Å². The molecule has 2 saturated carbocycles. The number of hydrogen-bond acceptors (Lipinski definition) is 4. The quantitative estimate of drug-likeness (QED) is 0.193. The Morgan fingerprint density at radius 3 is 1.27 bits per heavy atom. The van der Waals surface area contributed by atoms with Crippen LogP contribution in [0.3, 0.4) is 0 Å². The van der Waals surface area contributed by atoms with Gasteiger partial charge in [0.2, 0.25) is 0 Å². The van der Waals surface area contributed by atoms with Gasteiger partial charge in [0.1, 0.15) is 17.2 Å². The third-order valence-corrected chi connectivity index (χ3v) is 9.38. The second-order valence-electron chi connectivity index (χ2n) is 11.7. The average Bonchev–Trinajstić information content (AvgIpc) is 3.03. The summed E-state index contributed by atoms with van der Waals surface area (Å²) in [4.78, 5) is 12.7. The van der Waals surface area contributed by atoms with Crippen LogP contribution in [0.15, 0.2) is 103 Å². The van der Waals surface area contributed by atoms with Crippen LogP contribution in [0.2, 0.25) is 0 Å². The van der Waals surface area contributed by atoms with E-state index in [9.17, 15) is 9.90 Å². The molecule has 4 aromatic rings. The van der Waals surface area contributed by atoms with Crippen molar-refractivity contribution in [1.29, 1.82) is 0 Å². The lowest BCUT2D eigenvalue weighted by atomic mass is 9.65. The van der Waals surface area contributed by atoms with Gasteiger partial charge in [-0.3, -0.25) is 0 Å². The molecule has 2 aliphatic rings. The molecule has 0 saturated heterocycles. The Morgan fingerprint density at radius 2 is 0.854 bits per heavy atom. The SMILES string of the molecule is O=C(Oc1ccc(C2(c3ccccc3)CCCCC2)cc1)Oc1ccc(C2(c3ccc(O)cc3)CCCCC2)cc1. The fourth-order valence-corrected chi connectivity index (χ4v) is 7.23. The molecule has 0 aromatic heterocycles. The monoisotopic (exact) mass is 546 g/mol. The van der Waals surface area contributed by atoms with Gasteiger partial charge in [0, 0.05) is 10.8 Å². The van der Waals surface area contributed by atoms with E-state index in [0.29, 0.717) is 11.5 Å². The summed E-state index contributed by atoms with van der Waals surface area (Å²) < 4.78 is 11.1. The van der Waals surface area contributed by atoms with E-state index in [2.05, 4.69) is 54.6 Å². The van der Waals surface area contributed by atoms with E-state index >= 15 is 0 Å². The van der Waals surface area contributed by atoms with Crippen molar-refractivity contribution < 1.29 is 19.4 Å². The third-order valence-electron chi connectivity index (χ3n) is 9.38. The summed E-state index contributed by atoms with van der Waals surface area (Å²) >= 11 is 0. The summed E-state index contributed by atoms with van der Waals surface area (Å²) in [5.74, 6) is 1.21. The van der Waals surface area contributed by atoms with Crippen molar-refractivity contribution in [2.75, 3.05) is 0 Å². The first-order valence-corrected chi connectivity index (χ1v) is 15.0. The van der Waals surface area contributed by atoms with Crippen LogP contribution in [-0.2, 0) is 10.8 Å². The summed E-state index contributed by atoms with van der Waals surface area (Å²) in [7, 11) is 0. The molecular formula is C37H38O4. The maximum absolute atomic E-state index is 12.7. The summed E-state index contributed by atoms with van der Waals surface area (Å²) in [5, 5.41) is 9.81. The number of ether oxygens (including phenoxy) is 2. The number of aromatic hydroxyl groups is 1. The minimum atomic E-state index is -0.744. The topological polar surface area (TPSA) is 55.8 Å². The van der Waals surface area contributed by atoms with E-state index < -0.39 is 6.16 Å². The Balaban J connectivity index is 1.14. The molecule has 41 heavy (non-hydrogen) atoms. The van der Waals surface area contributed by atoms with E-state index in [-0.39, 0.29) is 16.6 Å². The normalized spacial score (nSPS) is 17.9. The highest BCUT2D eigenvalue weighted by Crippen LogP contribution is 2.46. The number of carbonyl (C=O) groups excluding carboxylic acids is 1. The van der Waals surface area contributed by atoms with Crippen molar-refractivity contribution in [3.05, 3.63) is 125 Å². The molecule has 4 aromatic carbocycles. The zero-order valence-corrected chi connectivity index (χ0v) is 23.6. The zero-order valence-electron chi connectivity index (χ0n) is 23.6. The largest absolute Gasteiger partial charge is 0.519 e. The van der Waals surface area contributed by atoms with E-state index in [1.165, 1.54) is 47.9 Å². The predicted octanol–water partition coefficient (Wildman–Crippen LogP) is 9.47. The highest BCUT2D eigenvalue weighted by Gasteiger charge is 2.36. The van der Waals surface area contributed by atoms with Crippen molar-refractivity contribution in [2.24, 2.45) is 0 Å². The van der Waals surface area contributed by atoms with Crippen molar-refractivity contribution in [3.8, 4) is 17.2 Å². The fourth-order valence-electron chi connectivity index (χ4n) is 7.23. The molecule has 0 atom stereocenters. The lowest BCUT2D eigenvalue weighted by Gasteiger charge is -2.38. The van der Waals surface area contributed by atoms with Gasteiger partial charge in [-0.1, -0.05) is 105 Å². The molecule has 0 spiro atoms. The first-order chi connectivity index (χ1) is 20.1. The molecule has 0 unspecified atom stereocenters. The molecule has 0 bridgehead atoms. The average molecular weight is 547 g/mol. The van der Waals surface area contributed by atoms with Crippen LogP contribution in [0, 0.1) is 0 Å². The van der Waals surface area contributed by atoms with Crippen LogP contribution in [-0.4, -0.2) is 11.3 Å². The second kappa shape index (κ2) is 11.8. The van der Waals surface area contributed by atoms with Crippen molar-refractivity contribution in [1.82, 2.24) is 0 Å². The smallest absolute Gasteiger partial charge is 0.508 e. The van der Waals surface area contributed by atoms with E-state index in [1.807, 2.05) is 36.4 Å². The minimum absolute atomic E-state index is 0.0100.